The van der Waals surface area contributed by atoms with Crippen molar-refractivity contribution in [2.75, 3.05) is 0 Å². The highest BCUT2D eigenvalue weighted by molar-refractivity contribution is 5.90. The molecule has 23 heavy (non-hydrogen) atoms. The Morgan fingerprint density at radius 3 is 2.35 bits per heavy atom. The van der Waals surface area contributed by atoms with Crippen LogP contribution >= 0.6 is 0 Å². The van der Waals surface area contributed by atoms with E-state index in [1.807, 2.05) is 44.2 Å². The molecule has 0 N–H and O–H groups in total. The van der Waals surface area contributed by atoms with Crippen LogP contribution in [-0.2, 0) is 5.21 Å². The number of fused-ring (bicyclic) bond motifs is 2. The molecule has 2 heterocycles. The number of aliphatic imine (C=N–C) groups is 1. The van der Waals surface area contributed by atoms with Gasteiger partial charge in [-0.05, 0) is 43.2 Å². The van der Waals surface area contributed by atoms with Crippen LogP contribution in [0.4, 0.5) is 5.69 Å². The zero-order chi connectivity index (χ0) is 16.5. The van der Waals surface area contributed by atoms with Crippen molar-refractivity contribution in [1.29, 1.82) is 0 Å². The first kappa shape index (κ1) is 14.7. The van der Waals surface area contributed by atoms with E-state index in [0.29, 0.717) is 5.75 Å². The van der Waals surface area contributed by atoms with Crippen LogP contribution in [0.2, 0.25) is 0 Å². The summed E-state index contributed by atoms with van der Waals surface area (Å²) in [5, 5.41) is 16.3. The maximum atomic E-state index is 13.0. The number of benzene rings is 2. The van der Waals surface area contributed by atoms with E-state index in [2.05, 4.69) is 24.9 Å². The Labute approximate surface area is 136 Å². The van der Waals surface area contributed by atoms with Gasteiger partial charge in [-0.3, -0.25) is 4.99 Å². The van der Waals surface area contributed by atoms with Crippen molar-refractivity contribution >= 4 is 22.7 Å². The number of nitrogens with zero attached hydrogens (tertiary/aromatic N) is 2. The van der Waals surface area contributed by atoms with Gasteiger partial charge in [0.05, 0.1) is 6.21 Å². The van der Waals surface area contributed by atoms with Crippen LogP contribution in [-0.4, -0.2) is 22.5 Å². The number of rotatable bonds is 0. The van der Waals surface area contributed by atoms with Crippen LogP contribution in [0.3, 0.4) is 0 Å². The Morgan fingerprint density at radius 2 is 1.74 bits per heavy atom. The van der Waals surface area contributed by atoms with Crippen LogP contribution in [0.15, 0.2) is 41.4 Å². The summed E-state index contributed by atoms with van der Waals surface area (Å²) in [6.07, 6.45) is 2.45. The van der Waals surface area contributed by atoms with Crippen molar-refractivity contribution in [3.8, 4) is 5.75 Å². The topological polar surface area (TPSA) is 44.7 Å². The van der Waals surface area contributed by atoms with Gasteiger partial charge in [-0.25, -0.2) is 0 Å². The number of ether oxygens (including phenoxy) is 1. The average molecular weight is 309 g/mol. The van der Waals surface area contributed by atoms with Gasteiger partial charge in [0, 0.05) is 11.0 Å². The first-order valence-electron chi connectivity index (χ1n) is 8.00. The normalized spacial score (nSPS) is 28.0. The molecule has 2 aliphatic rings. The van der Waals surface area contributed by atoms with Gasteiger partial charge in [-0.1, -0.05) is 38.1 Å². The minimum Gasteiger partial charge on any atom is -0.462 e. The molecule has 2 aromatic rings. The number of hydrogen-bond acceptors (Lipinski definition) is 3. The van der Waals surface area contributed by atoms with E-state index in [9.17, 15) is 5.21 Å². The summed E-state index contributed by atoms with van der Waals surface area (Å²) in [5.74, 6) is 0.679. The third kappa shape index (κ3) is 1.88. The zero-order valence-electron chi connectivity index (χ0n) is 14.0. The second-order valence-corrected chi connectivity index (χ2v) is 7.89. The van der Waals surface area contributed by atoms with Crippen LogP contribution in [0.5, 0.6) is 5.75 Å². The van der Waals surface area contributed by atoms with Gasteiger partial charge in [0.2, 0.25) is 5.72 Å². The van der Waals surface area contributed by atoms with Crippen molar-refractivity contribution in [3.63, 3.8) is 0 Å². The molecule has 1 spiro atoms. The number of hydroxylamine groups is 2. The van der Waals surface area contributed by atoms with E-state index in [4.69, 9.17) is 4.74 Å². The summed E-state index contributed by atoms with van der Waals surface area (Å²) in [4.78, 5) is 4.60. The quantitative estimate of drug-likeness (QED) is 0.720. The highest BCUT2D eigenvalue weighted by Gasteiger charge is 2.64. The molecule has 0 bridgehead atoms. The molecular formula is C19H21N2O2. The van der Waals surface area contributed by atoms with E-state index in [0.717, 1.165) is 27.9 Å². The summed E-state index contributed by atoms with van der Waals surface area (Å²) >= 11 is 0. The smallest absolute Gasteiger partial charge is 0.229 e. The molecule has 1 saturated heterocycles. The van der Waals surface area contributed by atoms with Gasteiger partial charge in [0.15, 0.2) is 0 Å². The third-order valence-electron chi connectivity index (χ3n) is 5.17. The fourth-order valence-electron chi connectivity index (χ4n) is 4.15. The SMILES string of the molecule is CC1(C)CC(C)(C)[C@]2(C=Nc3cc4ccccc4cc3O2)N1[O]. The summed E-state index contributed by atoms with van der Waals surface area (Å²) < 4.78 is 6.32. The standard InChI is InChI=1S/C19H21N2O2/c1-17(2)11-18(3,4)21(22)19(17)12-20-15-9-13-7-5-6-8-14(13)10-16(15)23-19/h5-10,12H,11H2,1-4H3/t19-/m1/s1. The maximum absolute atomic E-state index is 13.0. The Morgan fingerprint density at radius 1 is 1.09 bits per heavy atom. The molecule has 0 unspecified atom stereocenters. The van der Waals surface area contributed by atoms with Gasteiger partial charge in [-0.2, -0.15) is 0 Å². The Hall–Kier alpha value is -1.91. The molecule has 119 valence electrons. The predicted molar refractivity (Wildman–Crippen MR) is 90.5 cm³/mol. The minimum absolute atomic E-state index is 0.328. The van der Waals surface area contributed by atoms with Crippen molar-refractivity contribution in [3.05, 3.63) is 36.4 Å². The minimum atomic E-state index is -1.05. The maximum Gasteiger partial charge on any atom is 0.229 e. The zero-order valence-corrected chi connectivity index (χ0v) is 14.0. The Kier molecular flexibility index (Phi) is 2.77. The largest absolute Gasteiger partial charge is 0.462 e. The summed E-state index contributed by atoms with van der Waals surface area (Å²) in [6.45, 7) is 8.07. The predicted octanol–water partition coefficient (Wildman–Crippen LogP) is 4.49. The van der Waals surface area contributed by atoms with Crippen molar-refractivity contribution in [2.45, 2.75) is 45.4 Å². The molecule has 4 heteroatoms. The van der Waals surface area contributed by atoms with Crippen molar-refractivity contribution in [1.82, 2.24) is 5.06 Å². The van der Waals surface area contributed by atoms with Crippen molar-refractivity contribution in [2.24, 2.45) is 10.4 Å². The van der Waals surface area contributed by atoms with E-state index in [1.165, 1.54) is 0 Å². The first-order chi connectivity index (χ1) is 10.8. The molecule has 0 aromatic heterocycles. The highest BCUT2D eigenvalue weighted by Crippen LogP contribution is 2.54. The summed E-state index contributed by atoms with van der Waals surface area (Å²) in [7, 11) is 0. The van der Waals surface area contributed by atoms with E-state index < -0.39 is 11.3 Å². The van der Waals surface area contributed by atoms with Crippen LogP contribution < -0.4 is 4.74 Å². The van der Waals surface area contributed by atoms with E-state index >= 15 is 0 Å². The lowest BCUT2D eigenvalue weighted by atomic mass is 9.79. The van der Waals surface area contributed by atoms with Crippen LogP contribution in [0, 0.1) is 5.41 Å². The average Bonchev–Trinajstić information content (AvgIpc) is 2.62. The molecule has 4 rings (SSSR count). The lowest BCUT2D eigenvalue weighted by Gasteiger charge is -2.42. The second kappa shape index (κ2) is 4.34. The molecule has 0 saturated carbocycles. The fraction of sp³-hybridized carbons (Fsp3) is 0.421. The summed E-state index contributed by atoms with van der Waals surface area (Å²) in [5.41, 5.74) is -1.08. The first-order valence-corrected chi connectivity index (χ1v) is 8.00. The van der Waals surface area contributed by atoms with Gasteiger partial charge in [0.1, 0.15) is 11.4 Å². The molecule has 4 nitrogen and oxygen atoms in total. The van der Waals surface area contributed by atoms with Gasteiger partial charge < -0.3 is 4.74 Å². The van der Waals surface area contributed by atoms with Crippen LogP contribution in [0.25, 0.3) is 10.8 Å². The molecule has 2 aromatic carbocycles. The highest BCUT2D eigenvalue weighted by atomic mass is 16.6. The van der Waals surface area contributed by atoms with E-state index in [1.54, 1.807) is 6.21 Å². The molecule has 1 fully saturated rings. The van der Waals surface area contributed by atoms with Gasteiger partial charge in [-0.15, -0.1) is 10.3 Å². The van der Waals surface area contributed by atoms with E-state index in [-0.39, 0.29) is 5.41 Å². The fourth-order valence-corrected chi connectivity index (χ4v) is 4.15. The third-order valence-corrected chi connectivity index (χ3v) is 5.17. The monoisotopic (exact) mass is 309 g/mol. The molecule has 1 radical (unpaired) electrons. The molecule has 0 amide bonds. The van der Waals surface area contributed by atoms with Crippen LogP contribution in [0.1, 0.15) is 34.1 Å². The lowest BCUT2D eigenvalue weighted by Crippen LogP contribution is -2.59. The molecule has 1 atom stereocenters. The van der Waals surface area contributed by atoms with Gasteiger partial charge in [0.25, 0.3) is 0 Å². The molecular weight excluding hydrogens is 288 g/mol. The van der Waals surface area contributed by atoms with Gasteiger partial charge >= 0.3 is 0 Å². The lowest BCUT2D eigenvalue weighted by molar-refractivity contribution is -0.290. The molecule has 2 aliphatic heterocycles. The Bertz CT molecular complexity index is 825. The second-order valence-electron chi connectivity index (χ2n) is 7.89. The molecule has 0 aliphatic carbocycles. The number of hydrogen-bond donors (Lipinski definition) is 0. The Balaban J connectivity index is 1.87. The summed E-state index contributed by atoms with van der Waals surface area (Å²) in [6, 6.07) is 12.1. The van der Waals surface area contributed by atoms with Crippen molar-refractivity contribution < 1.29 is 9.94 Å².